The number of H-pyrrole nitrogens is 1. The summed E-state index contributed by atoms with van der Waals surface area (Å²) in [6.07, 6.45) is 4.03. The Balaban J connectivity index is 1.68. The van der Waals surface area contributed by atoms with Crippen LogP contribution < -0.4 is 5.32 Å². The Bertz CT molecular complexity index is 685. The van der Waals surface area contributed by atoms with Crippen molar-refractivity contribution in [1.29, 1.82) is 0 Å². The maximum Gasteiger partial charge on any atom is 0.272 e. The number of nitrogens with one attached hydrogen (secondary N) is 2. The SMILES string of the molecule is Cc1ccc(C(C)(O)CNC(=O)c2n[nH]c3c2CCCC3)o1. The van der Waals surface area contributed by atoms with Crippen LogP contribution in [-0.4, -0.2) is 27.8 Å². The lowest BCUT2D eigenvalue weighted by atomic mass is 9.95. The minimum absolute atomic E-state index is 0.0699. The lowest BCUT2D eigenvalue weighted by Gasteiger charge is -2.21. The van der Waals surface area contributed by atoms with E-state index in [-0.39, 0.29) is 12.5 Å². The van der Waals surface area contributed by atoms with Crippen LogP contribution in [0.5, 0.6) is 0 Å². The van der Waals surface area contributed by atoms with Crippen LogP contribution in [0.15, 0.2) is 16.5 Å². The highest BCUT2D eigenvalue weighted by Gasteiger charge is 2.29. The molecular formula is C16H21N3O3. The average molecular weight is 303 g/mol. The zero-order chi connectivity index (χ0) is 15.7. The summed E-state index contributed by atoms with van der Waals surface area (Å²) < 4.78 is 5.44. The monoisotopic (exact) mass is 303 g/mol. The van der Waals surface area contributed by atoms with Crippen LogP contribution in [0.4, 0.5) is 0 Å². The van der Waals surface area contributed by atoms with Gasteiger partial charge in [0, 0.05) is 11.3 Å². The maximum atomic E-state index is 12.3. The molecule has 2 aromatic rings. The molecule has 0 saturated carbocycles. The number of hydrogen-bond donors (Lipinski definition) is 3. The second kappa shape index (κ2) is 5.61. The molecule has 6 nitrogen and oxygen atoms in total. The van der Waals surface area contributed by atoms with Crippen molar-refractivity contribution in [3.8, 4) is 0 Å². The van der Waals surface area contributed by atoms with Gasteiger partial charge in [0.1, 0.15) is 17.1 Å². The normalized spacial score (nSPS) is 16.9. The standard InChI is InChI=1S/C16H21N3O3/c1-10-7-8-13(22-10)16(2,21)9-17-15(20)14-11-5-3-4-6-12(11)18-19-14/h7-8,21H,3-6,9H2,1-2H3,(H,17,20)(H,18,19). The summed E-state index contributed by atoms with van der Waals surface area (Å²) in [5, 5.41) is 20.3. The first-order valence-electron chi connectivity index (χ1n) is 7.61. The third kappa shape index (κ3) is 2.78. The predicted octanol–water partition coefficient (Wildman–Crippen LogP) is 1.83. The molecule has 1 aliphatic carbocycles. The Morgan fingerprint density at radius 3 is 2.95 bits per heavy atom. The summed E-state index contributed by atoms with van der Waals surface area (Å²) in [6.45, 7) is 3.50. The van der Waals surface area contributed by atoms with Gasteiger partial charge in [-0.25, -0.2) is 0 Å². The van der Waals surface area contributed by atoms with Crippen molar-refractivity contribution in [3.05, 3.63) is 40.6 Å². The van der Waals surface area contributed by atoms with E-state index in [1.807, 2.05) is 6.92 Å². The van der Waals surface area contributed by atoms with E-state index in [2.05, 4.69) is 15.5 Å². The van der Waals surface area contributed by atoms with Crippen molar-refractivity contribution < 1.29 is 14.3 Å². The zero-order valence-electron chi connectivity index (χ0n) is 12.9. The van der Waals surface area contributed by atoms with Crippen molar-refractivity contribution >= 4 is 5.91 Å². The summed E-state index contributed by atoms with van der Waals surface area (Å²) >= 11 is 0. The number of carbonyl (C=O) groups is 1. The van der Waals surface area contributed by atoms with E-state index < -0.39 is 5.60 Å². The molecule has 1 unspecified atom stereocenters. The molecule has 0 fully saturated rings. The molecule has 0 aromatic carbocycles. The zero-order valence-corrected chi connectivity index (χ0v) is 12.9. The smallest absolute Gasteiger partial charge is 0.272 e. The van der Waals surface area contributed by atoms with Gasteiger partial charge >= 0.3 is 0 Å². The first-order chi connectivity index (χ1) is 10.5. The Kier molecular flexibility index (Phi) is 3.78. The molecule has 0 radical (unpaired) electrons. The summed E-state index contributed by atoms with van der Waals surface area (Å²) in [5.74, 6) is 0.903. The number of hydrogen-bond acceptors (Lipinski definition) is 4. The fourth-order valence-corrected chi connectivity index (χ4v) is 2.82. The number of aliphatic hydroxyl groups is 1. The van der Waals surface area contributed by atoms with Gasteiger partial charge in [0.15, 0.2) is 5.69 Å². The van der Waals surface area contributed by atoms with Gasteiger partial charge in [0.25, 0.3) is 5.91 Å². The molecule has 118 valence electrons. The summed E-state index contributed by atoms with van der Waals surface area (Å²) in [7, 11) is 0. The number of rotatable bonds is 4. The minimum Gasteiger partial charge on any atom is -0.463 e. The van der Waals surface area contributed by atoms with Gasteiger partial charge in [-0.1, -0.05) is 0 Å². The van der Waals surface area contributed by atoms with Crippen LogP contribution in [0.2, 0.25) is 0 Å². The van der Waals surface area contributed by atoms with E-state index in [9.17, 15) is 9.90 Å². The summed E-state index contributed by atoms with van der Waals surface area (Å²) in [5.41, 5.74) is 1.27. The van der Waals surface area contributed by atoms with Crippen LogP contribution in [0.25, 0.3) is 0 Å². The fourth-order valence-electron chi connectivity index (χ4n) is 2.82. The molecule has 22 heavy (non-hydrogen) atoms. The van der Waals surface area contributed by atoms with E-state index in [0.717, 1.165) is 42.7 Å². The third-order valence-corrected chi connectivity index (χ3v) is 4.14. The van der Waals surface area contributed by atoms with Crippen LogP contribution >= 0.6 is 0 Å². The third-order valence-electron chi connectivity index (χ3n) is 4.14. The highest BCUT2D eigenvalue weighted by molar-refractivity contribution is 5.94. The Morgan fingerprint density at radius 1 is 1.45 bits per heavy atom. The quantitative estimate of drug-likeness (QED) is 0.803. The molecule has 2 aromatic heterocycles. The van der Waals surface area contributed by atoms with Gasteiger partial charge < -0.3 is 14.8 Å². The lowest BCUT2D eigenvalue weighted by molar-refractivity contribution is 0.0322. The van der Waals surface area contributed by atoms with Crippen LogP contribution in [0, 0.1) is 6.92 Å². The first-order valence-corrected chi connectivity index (χ1v) is 7.61. The number of aryl methyl sites for hydroxylation is 2. The largest absolute Gasteiger partial charge is 0.463 e. The van der Waals surface area contributed by atoms with E-state index in [4.69, 9.17) is 4.42 Å². The number of carbonyl (C=O) groups excluding carboxylic acids is 1. The molecular weight excluding hydrogens is 282 g/mol. The highest BCUT2D eigenvalue weighted by atomic mass is 16.4. The minimum atomic E-state index is -1.25. The van der Waals surface area contributed by atoms with E-state index in [1.165, 1.54) is 0 Å². The Labute approximate surface area is 128 Å². The van der Waals surface area contributed by atoms with Gasteiger partial charge in [0.05, 0.1) is 6.54 Å². The molecule has 1 atom stereocenters. The van der Waals surface area contributed by atoms with Crippen molar-refractivity contribution in [2.45, 2.75) is 45.1 Å². The van der Waals surface area contributed by atoms with Gasteiger partial charge in [-0.3, -0.25) is 9.89 Å². The number of furan rings is 1. The number of nitrogens with zero attached hydrogens (tertiary/aromatic N) is 1. The van der Waals surface area contributed by atoms with E-state index in [1.54, 1.807) is 19.1 Å². The van der Waals surface area contributed by atoms with Crippen molar-refractivity contribution in [3.63, 3.8) is 0 Å². The van der Waals surface area contributed by atoms with Crippen LogP contribution in [0.3, 0.4) is 0 Å². The molecule has 3 rings (SSSR count). The molecule has 0 aliphatic heterocycles. The molecule has 0 saturated heterocycles. The van der Waals surface area contributed by atoms with Gasteiger partial charge in [-0.05, 0) is 51.7 Å². The van der Waals surface area contributed by atoms with Gasteiger partial charge in [0.2, 0.25) is 0 Å². The second-order valence-corrected chi connectivity index (χ2v) is 6.10. The molecule has 1 aliphatic rings. The van der Waals surface area contributed by atoms with Gasteiger partial charge in [-0.2, -0.15) is 5.10 Å². The molecule has 1 amide bonds. The van der Waals surface area contributed by atoms with Gasteiger partial charge in [-0.15, -0.1) is 0 Å². The van der Waals surface area contributed by atoms with Crippen molar-refractivity contribution in [2.24, 2.45) is 0 Å². The highest BCUT2D eigenvalue weighted by Crippen LogP contribution is 2.24. The number of aromatic nitrogens is 2. The molecule has 0 spiro atoms. The Morgan fingerprint density at radius 2 is 2.23 bits per heavy atom. The molecule has 3 N–H and O–H groups in total. The summed E-state index contributed by atoms with van der Waals surface area (Å²) in [4.78, 5) is 12.3. The summed E-state index contributed by atoms with van der Waals surface area (Å²) in [6, 6.07) is 3.51. The molecule has 6 heteroatoms. The first kappa shape index (κ1) is 14.8. The Hall–Kier alpha value is -2.08. The topological polar surface area (TPSA) is 91.1 Å². The number of fused-ring (bicyclic) bond motifs is 1. The van der Waals surface area contributed by atoms with E-state index >= 15 is 0 Å². The van der Waals surface area contributed by atoms with Crippen molar-refractivity contribution in [1.82, 2.24) is 15.5 Å². The van der Waals surface area contributed by atoms with Crippen LogP contribution in [-0.2, 0) is 18.4 Å². The maximum absolute atomic E-state index is 12.3. The predicted molar refractivity (Wildman–Crippen MR) is 80.6 cm³/mol. The van der Waals surface area contributed by atoms with Crippen LogP contribution in [0.1, 0.15) is 53.0 Å². The molecule has 2 heterocycles. The van der Waals surface area contributed by atoms with Crippen molar-refractivity contribution in [2.75, 3.05) is 6.54 Å². The average Bonchev–Trinajstić information content (AvgIpc) is 3.11. The second-order valence-electron chi connectivity index (χ2n) is 6.10. The number of aromatic amines is 1. The van der Waals surface area contributed by atoms with E-state index in [0.29, 0.717) is 11.5 Å². The fraction of sp³-hybridized carbons (Fsp3) is 0.500. The molecule has 0 bridgehead atoms. The lowest BCUT2D eigenvalue weighted by Crippen LogP contribution is -2.38. The number of amides is 1.